The zero-order valence-corrected chi connectivity index (χ0v) is 19.0. The van der Waals surface area contributed by atoms with Crippen LogP contribution in [0.5, 0.6) is 5.75 Å². The summed E-state index contributed by atoms with van der Waals surface area (Å²) in [6.45, 7) is 1.01. The van der Waals surface area contributed by atoms with Gasteiger partial charge >= 0.3 is 0 Å². The predicted molar refractivity (Wildman–Crippen MR) is 127 cm³/mol. The van der Waals surface area contributed by atoms with Crippen LogP contribution in [0.1, 0.15) is 29.6 Å². The average molecular weight is 465 g/mol. The van der Waals surface area contributed by atoms with E-state index in [0.29, 0.717) is 30.1 Å². The molecule has 1 N–H and O–H groups in total. The lowest BCUT2D eigenvalue weighted by molar-refractivity contribution is 0.102. The Labute approximate surface area is 192 Å². The number of fused-ring (bicyclic) bond motifs is 3. The summed E-state index contributed by atoms with van der Waals surface area (Å²) in [6, 6.07) is 17.4. The van der Waals surface area contributed by atoms with E-state index in [9.17, 15) is 13.2 Å². The number of benzene rings is 3. The van der Waals surface area contributed by atoms with Crippen molar-refractivity contribution in [2.24, 2.45) is 0 Å². The van der Waals surface area contributed by atoms with Crippen molar-refractivity contribution in [1.29, 1.82) is 0 Å². The van der Waals surface area contributed by atoms with E-state index in [4.69, 9.17) is 9.15 Å². The normalized spacial score (nSPS) is 15.1. The van der Waals surface area contributed by atoms with Gasteiger partial charge in [-0.15, -0.1) is 0 Å². The van der Waals surface area contributed by atoms with E-state index in [-0.39, 0.29) is 10.5 Å². The summed E-state index contributed by atoms with van der Waals surface area (Å²) in [5, 5.41) is 4.68. The molecule has 0 atom stereocenters. The zero-order chi connectivity index (χ0) is 23.0. The number of carbonyl (C=O) groups is 1. The number of nitrogens with zero attached hydrogens (tertiary/aromatic N) is 1. The van der Waals surface area contributed by atoms with E-state index in [1.54, 1.807) is 18.2 Å². The Morgan fingerprint density at radius 1 is 0.939 bits per heavy atom. The van der Waals surface area contributed by atoms with Gasteiger partial charge in [-0.1, -0.05) is 30.7 Å². The molecule has 1 fully saturated rings. The first-order chi connectivity index (χ1) is 16.0. The van der Waals surface area contributed by atoms with Crippen LogP contribution in [0.3, 0.4) is 0 Å². The number of sulfonamides is 1. The predicted octanol–water partition coefficient (Wildman–Crippen LogP) is 5.02. The smallest absolute Gasteiger partial charge is 0.255 e. The molecule has 1 aliphatic rings. The minimum absolute atomic E-state index is 0.122. The Morgan fingerprint density at radius 2 is 1.73 bits per heavy atom. The first kappa shape index (κ1) is 21.5. The lowest BCUT2D eigenvalue weighted by Crippen LogP contribution is -2.35. The van der Waals surface area contributed by atoms with E-state index in [1.165, 1.54) is 23.5 Å². The number of furan rings is 1. The number of ether oxygens (including phenoxy) is 1. The highest BCUT2D eigenvalue weighted by Gasteiger charge is 2.26. The summed E-state index contributed by atoms with van der Waals surface area (Å²) in [5.41, 5.74) is 2.06. The number of hydrogen-bond donors (Lipinski definition) is 1. The molecule has 170 valence electrons. The fourth-order valence-electron chi connectivity index (χ4n) is 4.26. The fourth-order valence-corrected chi connectivity index (χ4v) is 5.83. The molecule has 1 aliphatic heterocycles. The molecule has 0 saturated carbocycles. The number of nitrogens with one attached hydrogen (secondary N) is 1. The molecule has 8 heteroatoms. The van der Waals surface area contributed by atoms with Crippen molar-refractivity contribution >= 4 is 43.6 Å². The molecule has 1 saturated heterocycles. The molecule has 7 nitrogen and oxygen atoms in total. The van der Waals surface area contributed by atoms with Gasteiger partial charge in [-0.05, 0) is 43.2 Å². The SMILES string of the molecule is COc1cc2c(cc1NC(=O)c1cccc(S(=O)(=O)N3CCCCC3)c1)oc1ccccc12. The minimum Gasteiger partial charge on any atom is -0.495 e. The third-order valence-corrected chi connectivity index (χ3v) is 7.89. The highest BCUT2D eigenvalue weighted by atomic mass is 32.2. The van der Waals surface area contributed by atoms with Crippen LogP contribution in [-0.4, -0.2) is 38.8 Å². The van der Waals surface area contributed by atoms with Gasteiger partial charge < -0.3 is 14.5 Å². The summed E-state index contributed by atoms with van der Waals surface area (Å²) >= 11 is 0. The molecule has 5 rings (SSSR count). The number of anilines is 1. The van der Waals surface area contributed by atoms with E-state index < -0.39 is 15.9 Å². The van der Waals surface area contributed by atoms with Gasteiger partial charge in [-0.25, -0.2) is 8.42 Å². The first-order valence-electron chi connectivity index (χ1n) is 10.9. The van der Waals surface area contributed by atoms with Gasteiger partial charge in [0.05, 0.1) is 17.7 Å². The van der Waals surface area contributed by atoms with E-state index >= 15 is 0 Å². The van der Waals surface area contributed by atoms with Gasteiger partial charge in [0.2, 0.25) is 10.0 Å². The Hall–Kier alpha value is -3.36. The minimum atomic E-state index is -3.63. The highest BCUT2D eigenvalue weighted by Crippen LogP contribution is 2.36. The van der Waals surface area contributed by atoms with Crippen molar-refractivity contribution in [2.45, 2.75) is 24.2 Å². The molecular weight excluding hydrogens is 440 g/mol. The Bertz CT molecular complexity index is 1450. The van der Waals surface area contributed by atoms with Gasteiger partial charge in [0.25, 0.3) is 5.91 Å². The van der Waals surface area contributed by atoms with Crippen molar-refractivity contribution in [3.05, 3.63) is 66.2 Å². The fraction of sp³-hybridized carbons (Fsp3) is 0.240. The average Bonchev–Trinajstić information content (AvgIpc) is 3.21. The van der Waals surface area contributed by atoms with Crippen LogP contribution >= 0.6 is 0 Å². The largest absolute Gasteiger partial charge is 0.495 e. The van der Waals surface area contributed by atoms with Crippen molar-refractivity contribution in [3.63, 3.8) is 0 Å². The quantitative estimate of drug-likeness (QED) is 0.448. The van der Waals surface area contributed by atoms with Crippen molar-refractivity contribution in [2.75, 3.05) is 25.5 Å². The second kappa shape index (κ2) is 8.53. The van der Waals surface area contributed by atoms with Gasteiger partial charge in [0.15, 0.2) is 0 Å². The van der Waals surface area contributed by atoms with Crippen LogP contribution in [0.25, 0.3) is 21.9 Å². The van der Waals surface area contributed by atoms with Crippen LogP contribution in [0.15, 0.2) is 70.0 Å². The van der Waals surface area contributed by atoms with Crippen molar-refractivity contribution < 1.29 is 22.4 Å². The molecule has 1 aromatic heterocycles. The number of piperidine rings is 1. The molecule has 3 aromatic carbocycles. The maximum Gasteiger partial charge on any atom is 0.255 e. The Kier molecular flexibility index (Phi) is 5.55. The third-order valence-electron chi connectivity index (χ3n) is 6.00. The van der Waals surface area contributed by atoms with Crippen molar-refractivity contribution in [3.8, 4) is 5.75 Å². The summed E-state index contributed by atoms with van der Waals surface area (Å²) in [5.74, 6) is 0.0546. The zero-order valence-electron chi connectivity index (χ0n) is 18.2. The number of hydrogen-bond acceptors (Lipinski definition) is 5. The van der Waals surface area contributed by atoms with Crippen LogP contribution in [0.4, 0.5) is 5.69 Å². The van der Waals surface area contributed by atoms with E-state index in [1.807, 2.05) is 30.3 Å². The molecule has 0 unspecified atom stereocenters. The first-order valence-corrected chi connectivity index (χ1v) is 12.3. The summed E-state index contributed by atoms with van der Waals surface area (Å²) in [7, 11) is -2.10. The second-order valence-corrected chi connectivity index (χ2v) is 10.0. The highest BCUT2D eigenvalue weighted by molar-refractivity contribution is 7.89. The number of methoxy groups -OCH3 is 1. The van der Waals surface area contributed by atoms with Crippen LogP contribution < -0.4 is 10.1 Å². The molecule has 33 heavy (non-hydrogen) atoms. The topological polar surface area (TPSA) is 88.8 Å². The van der Waals surface area contributed by atoms with Crippen LogP contribution in [0, 0.1) is 0 Å². The maximum absolute atomic E-state index is 13.0. The standard InChI is InChI=1S/C25H24N2O5S/c1-31-24-15-20-19-10-3-4-11-22(19)32-23(20)16-21(24)26-25(28)17-8-7-9-18(14-17)33(29,30)27-12-5-2-6-13-27/h3-4,7-11,14-16H,2,5-6,12-13H2,1H3,(H,26,28). The molecular formula is C25H24N2O5S. The lowest BCUT2D eigenvalue weighted by Gasteiger charge is -2.26. The van der Waals surface area contributed by atoms with Gasteiger partial charge in [0, 0.05) is 35.5 Å². The monoisotopic (exact) mass is 464 g/mol. The Morgan fingerprint density at radius 3 is 2.52 bits per heavy atom. The molecule has 0 bridgehead atoms. The molecule has 0 aliphatic carbocycles. The number of rotatable bonds is 5. The summed E-state index contributed by atoms with van der Waals surface area (Å²) in [4.78, 5) is 13.2. The summed E-state index contributed by atoms with van der Waals surface area (Å²) in [6.07, 6.45) is 2.73. The molecule has 0 spiro atoms. The third kappa shape index (κ3) is 3.96. The second-order valence-electron chi connectivity index (χ2n) is 8.09. The van der Waals surface area contributed by atoms with Gasteiger partial charge in [-0.3, -0.25) is 4.79 Å². The van der Waals surface area contributed by atoms with Crippen molar-refractivity contribution in [1.82, 2.24) is 4.31 Å². The van der Waals surface area contributed by atoms with Gasteiger partial charge in [0.1, 0.15) is 16.9 Å². The number of carbonyl (C=O) groups excluding carboxylic acids is 1. The lowest BCUT2D eigenvalue weighted by atomic mass is 10.1. The molecule has 0 radical (unpaired) electrons. The molecule has 2 heterocycles. The maximum atomic E-state index is 13.0. The Balaban J connectivity index is 1.46. The number of para-hydroxylation sites is 1. The summed E-state index contributed by atoms with van der Waals surface area (Å²) < 4.78 is 38.9. The molecule has 1 amide bonds. The van der Waals surface area contributed by atoms with E-state index in [0.717, 1.165) is 35.6 Å². The van der Waals surface area contributed by atoms with Gasteiger partial charge in [-0.2, -0.15) is 4.31 Å². The van der Waals surface area contributed by atoms with E-state index in [2.05, 4.69) is 5.32 Å². The molecule has 4 aromatic rings. The number of amides is 1. The van der Waals surface area contributed by atoms with Crippen LogP contribution in [0.2, 0.25) is 0 Å². The van der Waals surface area contributed by atoms with Crippen LogP contribution in [-0.2, 0) is 10.0 Å².